The molecule has 1 aromatic heterocycles. The summed E-state index contributed by atoms with van der Waals surface area (Å²) in [4.78, 5) is 15.7. The summed E-state index contributed by atoms with van der Waals surface area (Å²) in [6, 6.07) is 10.7. The number of hydrogen-bond acceptors (Lipinski definition) is 4. The van der Waals surface area contributed by atoms with Crippen LogP contribution in [0.25, 0.3) is 0 Å². The maximum absolute atomic E-state index is 11.9. The number of nitrogens with one attached hydrogen (secondary N) is 1. The van der Waals surface area contributed by atoms with E-state index >= 15 is 0 Å². The number of amides is 1. The molecule has 0 saturated carbocycles. The highest BCUT2D eigenvalue weighted by Crippen LogP contribution is 2.14. The van der Waals surface area contributed by atoms with Crippen molar-refractivity contribution in [1.29, 1.82) is 0 Å². The zero-order valence-electron chi connectivity index (χ0n) is 13.0. The highest BCUT2D eigenvalue weighted by Gasteiger charge is 2.09. The van der Waals surface area contributed by atoms with Crippen molar-refractivity contribution < 1.29 is 9.53 Å². The summed E-state index contributed by atoms with van der Waals surface area (Å²) < 4.78 is 5.70. The third-order valence-corrected chi connectivity index (χ3v) is 3.48. The molecule has 1 N–H and O–H groups in total. The number of hydrogen-bond donors (Lipinski definition) is 1. The first-order valence-electron chi connectivity index (χ1n) is 7.30. The number of hydrazone groups is 1. The van der Waals surface area contributed by atoms with Crippen LogP contribution in [0.5, 0.6) is 5.75 Å². The summed E-state index contributed by atoms with van der Waals surface area (Å²) in [5, 5.41) is 4.06. The minimum Gasteiger partial charge on any atom is -0.491 e. The van der Waals surface area contributed by atoms with Gasteiger partial charge in [0.25, 0.3) is 5.91 Å². The Balaban J connectivity index is 1.93. The number of rotatable bonds is 6. The van der Waals surface area contributed by atoms with E-state index in [2.05, 4.69) is 22.4 Å². The lowest BCUT2D eigenvalue weighted by Crippen LogP contribution is -2.18. The van der Waals surface area contributed by atoms with Crippen LogP contribution < -0.4 is 10.2 Å². The van der Waals surface area contributed by atoms with Gasteiger partial charge in [0.2, 0.25) is 0 Å². The monoisotopic (exact) mass is 331 g/mol. The van der Waals surface area contributed by atoms with Crippen molar-refractivity contribution in [3.8, 4) is 5.75 Å². The van der Waals surface area contributed by atoms with Gasteiger partial charge >= 0.3 is 0 Å². The van der Waals surface area contributed by atoms with E-state index in [1.165, 1.54) is 6.20 Å². The van der Waals surface area contributed by atoms with Crippen LogP contribution in [0.15, 0.2) is 47.7 Å². The maximum Gasteiger partial charge on any atom is 0.274 e. The lowest BCUT2D eigenvalue weighted by molar-refractivity contribution is 0.0955. The first kappa shape index (κ1) is 17.0. The fourth-order valence-electron chi connectivity index (χ4n) is 1.73. The molecule has 0 aliphatic rings. The highest BCUT2D eigenvalue weighted by molar-refractivity contribution is 6.32. The molecule has 0 aliphatic heterocycles. The number of carbonyl (C=O) groups excluding carboxylic acids is 1. The number of nitrogens with zero attached hydrogens (tertiary/aromatic N) is 2. The predicted octanol–water partition coefficient (Wildman–Crippen LogP) is 3.68. The Hall–Kier alpha value is -2.40. The Kier molecular flexibility index (Phi) is 6.11. The Bertz CT molecular complexity index is 686. The van der Waals surface area contributed by atoms with Crippen molar-refractivity contribution in [2.75, 3.05) is 0 Å². The molecule has 2 rings (SSSR count). The molecule has 1 aromatic carbocycles. The van der Waals surface area contributed by atoms with Gasteiger partial charge < -0.3 is 4.74 Å². The molecular formula is C17H18ClN3O2. The highest BCUT2D eigenvalue weighted by atomic mass is 35.5. The van der Waals surface area contributed by atoms with Crippen LogP contribution in [0.3, 0.4) is 0 Å². The minimum atomic E-state index is -0.406. The Morgan fingerprint density at radius 3 is 2.78 bits per heavy atom. The molecular weight excluding hydrogens is 314 g/mol. The number of aromatic nitrogens is 1. The topological polar surface area (TPSA) is 63.6 Å². The van der Waals surface area contributed by atoms with Gasteiger partial charge in [-0.25, -0.2) is 10.4 Å². The predicted molar refractivity (Wildman–Crippen MR) is 91.1 cm³/mol. The van der Waals surface area contributed by atoms with Crippen LogP contribution in [0, 0.1) is 0 Å². The molecule has 1 amide bonds. The van der Waals surface area contributed by atoms with Gasteiger partial charge in [0.15, 0.2) is 0 Å². The van der Waals surface area contributed by atoms with Crippen molar-refractivity contribution in [1.82, 2.24) is 10.4 Å². The van der Waals surface area contributed by atoms with Crippen molar-refractivity contribution in [2.24, 2.45) is 5.10 Å². The molecule has 0 radical (unpaired) electrons. The molecule has 120 valence electrons. The zero-order chi connectivity index (χ0) is 16.7. The van der Waals surface area contributed by atoms with E-state index in [-0.39, 0.29) is 16.8 Å². The summed E-state index contributed by atoms with van der Waals surface area (Å²) in [5.41, 5.74) is 3.55. The fourth-order valence-corrected chi connectivity index (χ4v) is 1.93. The molecule has 1 atom stereocenters. The summed E-state index contributed by atoms with van der Waals surface area (Å²) >= 11 is 5.85. The van der Waals surface area contributed by atoms with Crippen LogP contribution >= 0.6 is 11.6 Å². The molecule has 23 heavy (non-hydrogen) atoms. The van der Waals surface area contributed by atoms with E-state index < -0.39 is 5.91 Å². The van der Waals surface area contributed by atoms with Crippen LogP contribution in [-0.2, 0) is 0 Å². The van der Waals surface area contributed by atoms with Gasteiger partial charge in [-0.15, -0.1) is 0 Å². The van der Waals surface area contributed by atoms with Crippen molar-refractivity contribution in [2.45, 2.75) is 26.4 Å². The van der Waals surface area contributed by atoms with Crippen LogP contribution in [0.2, 0.25) is 5.15 Å². The van der Waals surface area contributed by atoms with Gasteiger partial charge in [0.1, 0.15) is 10.9 Å². The van der Waals surface area contributed by atoms with E-state index in [1.54, 1.807) is 18.3 Å². The molecule has 0 aliphatic carbocycles. The molecule has 0 spiro atoms. The first-order chi connectivity index (χ1) is 11.1. The van der Waals surface area contributed by atoms with E-state index in [9.17, 15) is 4.79 Å². The van der Waals surface area contributed by atoms with Gasteiger partial charge in [-0.3, -0.25) is 4.79 Å². The quantitative estimate of drug-likeness (QED) is 0.499. The summed E-state index contributed by atoms with van der Waals surface area (Å²) in [5.74, 6) is 0.402. The Morgan fingerprint density at radius 2 is 2.13 bits per heavy atom. The molecule has 0 bridgehead atoms. The number of halogens is 1. The molecule has 1 unspecified atom stereocenters. The van der Waals surface area contributed by atoms with Gasteiger partial charge in [-0.1, -0.05) is 18.5 Å². The standard InChI is InChI=1S/C17H18ClN3O2/c1-3-12(2)23-14-8-6-13(7-9-14)11-20-21-17(22)15-5-4-10-19-16(15)18/h4-12H,3H2,1-2H3,(H,21,22). The largest absolute Gasteiger partial charge is 0.491 e. The van der Waals surface area contributed by atoms with E-state index in [4.69, 9.17) is 16.3 Å². The second-order valence-corrected chi connectivity index (χ2v) is 5.30. The average Bonchev–Trinajstić information content (AvgIpc) is 2.56. The third kappa shape index (κ3) is 5.07. The molecule has 0 fully saturated rings. The SMILES string of the molecule is CCC(C)Oc1ccc(C=NNC(=O)c2cccnc2Cl)cc1. The molecule has 0 saturated heterocycles. The molecule has 5 nitrogen and oxygen atoms in total. The Labute approximate surface area is 140 Å². The smallest absolute Gasteiger partial charge is 0.274 e. The van der Waals surface area contributed by atoms with E-state index in [1.807, 2.05) is 31.2 Å². The first-order valence-corrected chi connectivity index (χ1v) is 7.68. The van der Waals surface area contributed by atoms with Crippen LogP contribution in [0.1, 0.15) is 36.2 Å². The maximum atomic E-state index is 11.9. The second-order valence-electron chi connectivity index (χ2n) is 4.95. The third-order valence-electron chi connectivity index (χ3n) is 3.18. The van der Waals surface area contributed by atoms with Gasteiger partial charge in [-0.2, -0.15) is 5.10 Å². The number of benzene rings is 1. The van der Waals surface area contributed by atoms with E-state index in [0.717, 1.165) is 17.7 Å². The number of carbonyl (C=O) groups is 1. The molecule has 1 heterocycles. The average molecular weight is 332 g/mol. The normalized spacial score (nSPS) is 12.1. The lowest BCUT2D eigenvalue weighted by atomic mass is 10.2. The summed E-state index contributed by atoms with van der Waals surface area (Å²) in [6.45, 7) is 4.09. The lowest BCUT2D eigenvalue weighted by Gasteiger charge is -2.12. The van der Waals surface area contributed by atoms with Gasteiger partial charge in [0, 0.05) is 6.20 Å². The molecule has 6 heteroatoms. The second kappa shape index (κ2) is 8.29. The fraction of sp³-hybridized carbons (Fsp3) is 0.235. The van der Waals surface area contributed by atoms with Crippen molar-refractivity contribution >= 4 is 23.7 Å². The van der Waals surface area contributed by atoms with Crippen molar-refractivity contribution in [3.05, 3.63) is 58.9 Å². The minimum absolute atomic E-state index is 0.145. The van der Waals surface area contributed by atoms with E-state index in [0.29, 0.717) is 0 Å². The van der Waals surface area contributed by atoms with Gasteiger partial charge in [-0.05, 0) is 55.3 Å². The molecule has 2 aromatic rings. The summed E-state index contributed by atoms with van der Waals surface area (Å²) in [7, 11) is 0. The number of ether oxygens (including phenoxy) is 1. The summed E-state index contributed by atoms with van der Waals surface area (Å²) in [6.07, 6.45) is 4.20. The van der Waals surface area contributed by atoms with Crippen LogP contribution in [-0.4, -0.2) is 23.2 Å². The Morgan fingerprint density at radius 1 is 1.39 bits per heavy atom. The van der Waals surface area contributed by atoms with Crippen LogP contribution in [0.4, 0.5) is 0 Å². The van der Waals surface area contributed by atoms with Crippen molar-refractivity contribution in [3.63, 3.8) is 0 Å². The zero-order valence-corrected chi connectivity index (χ0v) is 13.7. The van der Waals surface area contributed by atoms with Gasteiger partial charge in [0.05, 0.1) is 17.9 Å². The number of pyridine rings is 1.